The van der Waals surface area contributed by atoms with E-state index in [9.17, 15) is 9.59 Å². The van der Waals surface area contributed by atoms with Gasteiger partial charge in [-0.1, -0.05) is 24.3 Å². The highest BCUT2D eigenvalue weighted by Crippen LogP contribution is 2.24. The van der Waals surface area contributed by atoms with Crippen LogP contribution in [-0.2, 0) is 6.42 Å². The third kappa shape index (κ3) is 3.29. The van der Waals surface area contributed by atoms with E-state index < -0.39 is 0 Å². The second kappa shape index (κ2) is 7.17. The summed E-state index contributed by atoms with van der Waals surface area (Å²) >= 11 is 0. The first-order valence-electron chi connectivity index (χ1n) is 9.42. The van der Waals surface area contributed by atoms with Gasteiger partial charge < -0.3 is 4.90 Å². The number of pyridine rings is 1. The molecule has 5 heteroatoms. The molecule has 0 radical (unpaired) electrons. The Hall–Kier alpha value is -3.05. The third-order valence-corrected chi connectivity index (χ3v) is 5.37. The molecule has 3 aromatic rings. The van der Waals surface area contributed by atoms with Crippen molar-refractivity contribution in [1.82, 2.24) is 14.8 Å². The van der Waals surface area contributed by atoms with Gasteiger partial charge in [-0.3, -0.25) is 19.5 Å². The van der Waals surface area contributed by atoms with Crippen molar-refractivity contribution in [2.45, 2.75) is 19.4 Å². The molecule has 1 aromatic heterocycles. The van der Waals surface area contributed by atoms with E-state index in [1.165, 1.54) is 4.90 Å². The van der Waals surface area contributed by atoms with E-state index in [1.807, 2.05) is 33.2 Å². The summed E-state index contributed by atoms with van der Waals surface area (Å²) in [6.07, 6.45) is 0.740. The number of benzene rings is 2. The van der Waals surface area contributed by atoms with E-state index in [2.05, 4.69) is 28.1 Å². The van der Waals surface area contributed by atoms with Crippen LogP contribution in [0.15, 0.2) is 54.6 Å². The fourth-order valence-corrected chi connectivity index (χ4v) is 3.70. The number of nitrogens with zero attached hydrogens (tertiary/aromatic N) is 3. The fourth-order valence-electron chi connectivity index (χ4n) is 3.70. The lowest BCUT2D eigenvalue weighted by Crippen LogP contribution is -2.44. The van der Waals surface area contributed by atoms with Crippen LogP contribution in [0.1, 0.15) is 32.0 Å². The number of hydrogen-bond acceptors (Lipinski definition) is 4. The second-order valence-electron chi connectivity index (χ2n) is 7.57. The molecule has 0 bridgehead atoms. The summed E-state index contributed by atoms with van der Waals surface area (Å²) in [5.74, 6) is -0.406. The molecule has 0 N–H and O–H groups in total. The molecular formula is C23H23N3O2. The SMILES string of the molecule is Cc1ccc2cc(C[C@@H](CN3C(=O)c4ccccc4C3=O)N(C)C)ccc2n1. The van der Waals surface area contributed by atoms with Gasteiger partial charge in [-0.25, -0.2) is 0 Å². The molecule has 0 saturated heterocycles. The lowest BCUT2D eigenvalue weighted by atomic mass is 10.0. The number of carbonyl (C=O) groups excluding carboxylic acids is 2. The summed E-state index contributed by atoms with van der Waals surface area (Å²) in [7, 11) is 3.96. The van der Waals surface area contributed by atoms with Crippen LogP contribution in [0.5, 0.6) is 0 Å². The molecule has 0 aliphatic carbocycles. The molecular weight excluding hydrogens is 350 g/mol. The molecule has 0 unspecified atom stereocenters. The highest BCUT2D eigenvalue weighted by Gasteiger charge is 2.36. The molecule has 28 heavy (non-hydrogen) atoms. The molecule has 0 fully saturated rings. The number of carbonyl (C=O) groups is 2. The summed E-state index contributed by atoms with van der Waals surface area (Å²) in [6.45, 7) is 2.35. The minimum absolute atomic E-state index is 0.0260. The van der Waals surface area contributed by atoms with E-state index in [0.717, 1.165) is 28.6 Å². The molecule has 5 nitrogen and oxygen atoms in total. The van der Waals surface area contributed by atoms with Gasteiger partial charge in [-0.05, 0) is 63.3 Å². The molecule has 0 saturated carbocycles. The van der Waals surface area contributed by atoms with Crippen molar-refractivity contribution in [2.75, 3.05) is 20.6 Å². The van der Waals surface area contributed by atoms with E-state index in [1.54, 1.807) is 24.3 Å². The number of amides is 2. The zero-order chi connectivity index (χ0) is 19.8. The van der Waals surface area contributed by atoms with Crippen LogP contribution in [0.3, 0.4) is 0 Å². The van der Waals surface area contributed by atoms with E-state index in [4.69, 9.17) is 0 Å². The molecule has 1 aliphatic rings. The number of hydrogen-bond donors (Lipinski definition) is 0. The minimum atomic E-state index is -0.203. The molecule has 1 atom stereocenters. The molecule has 142 valence electrons. The minimum Gasteiger partial charge on any atom is -0.304 e. The van der Waals surface area contributed by atoms with Crippen molar-refractivity contribution in [3.8, 4) is 0 Å². The van der Waals surface area contributed by atoms with E-state index >= 15 is 0 Å². The first-order valence-corrected chi connectivity index (χ1v) is 9.42. The van der Waals surface area contributed by atoms with Gasteiger partial charge in [0.1, 0.15) is 0 Å². The molecule has 2 amide bonds. The molecule has 2 aromatic carbocycles. The maximum absolute atomic E-state index is 12.7. The second-order valence-corrected chi connectivity index (χ2v) is 7.57. The van der Waals surface area contributed by atoms with Gasteiger partial charge in [0.15, 0.2) is 0 Å². The van der Waals surface area contributed by atoms with Gasteiger partial charge >= 0.3 is 0 Å². The summed E-state index contributed by atoms with van der Waals surface area (Å²) in [6, 6.07) is 17.4. The summed E-state index contributed by atoms with van der Waals surface area (Å²) < 4.78 is 0. The van der Waals surface area contributed by atoms with Crippen molar-refractivity contribution < 1.29 is 9.59 Å². The number of aromatic nitrogens is 1. The van der Waals surface area contributed by atoms with Gasteiger partial charge in [0, 0.05) is 23.7 Å². The monoisotopic (exact) mass is 373 g/mol. The maximum atomic E-state index is 12.7. The van der Waals surface area contributed by atoms with Crippen LogP contribution in [0, 0.1) is 6.92 Å². The Morgan fingerprint density at radius 2 is 1.64 bits per heavy atom. The van der Waals surface area contributed by atoms with E-state index in [-0.39, 0.29) is 17.9 Å². The van der Waals surface area contributed by atoms with Crippen molar-refractivity contribution in [1.29, 1.82) is 0 Å². The Morgan fingerprint density at radius 3 is 2.29 bits per heavy atom. The molecule has 2 heterocycles. The average molecular weight is 373 g/mol. The van der Waals surface area contributed by atoms with Gasteiger partial charge in [0.2, 0.25) is 0 Å². The Kier molecular flexibility index (Phi) is 4.69. The van der Waals surface area contributed by atoms with Crippen LogP contribution < -0.4 is 0 Å². The highest BCUT2D eigenvalue weighted by molar-refractivity contribution is 6.21. The van der Waals surface area contributed by atoms with Crippen molar-refractivity contribution >= 4 is 22.7 Å². The highest BCUT2D eigenvalue weighted by atomic mass is 16.2. The third-order valence-electron chi connectivity index (χ3n) is 5.37. The summed E-state index contributed by atoms with van der Waals surface area (Å²) in [5, 5.41) is 1.10. The van der Waals surface area contributed by atoms with Gasteiger partial charge in [-0.15, -0.1) is 0 Å². The lowest BCUT2D eigenvalue weighted by Gasteiger charge is -2.28. The van der Waals surface area contributed by atoms with Gasteiger partial charge in [0.25, 0.3) is 11.8 Å². The maximum Gasteiger partial charge on any atom is 0.261 e. The predicted molar refractivity (Wildman–Crippen MR) is 109 cm³/mol. The topological polar surface area (TPSA) is 53.5 Å². The number of aryl methyl sites for hydroxylation is 1. The average Bonchev–Trinajstić information content (AvgIpc) is 2.92. The molecule has 0 spiro atoms. The van der Waals surface area contributed by atoms with Crippen LogP contribution >= 0.6 is 0 Å². The number of likely N-dealkylation sites (N-methyl/N-ethyl adjacent to an activating group) is 1. The summed E-state index contributed by atoms with van der Waals surface area (Å²) in [4.78, 5) is 33.4. The van der Waals surface area contributed by atoms with Crippen molar-refractivity contribution in [3.63, 3.8) is 0 Å². The molecule has 1 aliphatic heterocycles. The zero-order valence-electron chi connectivity index (χ0n) is 16.3. The van der Waals surface area contributed by atoms with Crippen LogP contribution in [0.2, 0.25) is 0 Å². The first kappa shape index (κ1) is 18.3. The van der Waals surface area contributed by atoms with Crippen molar-refractivity contribution in [3.05, 3.63) is 77.0 Å². The van der Waals surface area contributed by atoms with Crippen molar-refractivity contribution in [2.24, 2.45) is 0 Å². The Bertz CT molecular complexity index is 1040. The normalized spacial score (nSPS) is 14.8. The number of rotatable bonds is 5. The van der Waals surface area contributed by atoms with Gasteiger partial charge in [0.05, 0.1) is 16.6 Å². The first-order chi connectivity index (χ1) is 13.4. The lowest BCUT2D eigenvalue weighted by molar-refractivity contribution is 0.0612. The zero-order valence-corrected chi connectivity index (χ0v) is 16.3. The number of imide groups is 1. The smallest absolute Gasteiger partial charge is 0.261 e. The van der Waals surface area contributed by atoms with Crippen LogP contribution in [-0.4, -0.2) is 53.3 Å². The summed E-state index contributed by atoms with van der Waals surface area (Å²) in [5.41, 5.74) is 4.13. The Labute approximate surface area is 164 Å². The standard InChI is InChI=1S/C23H23N3O2/c1-15-8-10-17-12-16(9-11-21(17)24-15)13-18(25(2)3)14-26-22(27)19-6-4-5-7-20(19)23(26)28/h4-12,18H,13-14H2,1-3H3/t18-/m0/s1. The van der Waals surface area contributed by atoms with Crippen LogP contribution in [0.25, 0.3) is 10.9 Å². The number of fused-ring (bicyclic) bond motifs is 2. The predicted octanol–water partition coefficient (Wildman–Crippen LogP) is 3.31. The molecule has 4 rings (SSSR count). The van der Waals surface area contributed by atoms with E-state index in [0.29, 0.717) is 17.7 Å². The quantitative estimate of drug-likeness (QED) is 0.644. The Morgan fingerprint density at radius 1 is 0.964 bits per heavy atom. The Balaban J connectivity index is 1.56. The van der Waals surface area contributed by atoms with Gasteiger partial charge in [-0.2, -0.15) is 0 Å². The largest absolute Gasteiger partial charge is 0.304 e. The fraction of sp³-hybridized carbons (Fsp3) is 0.261. The van der Waals surface area contributed by atoms with Crippen LogP contribution in [0.4, 0.5) is 0 Å².